The van der Waals surface area contributed by atoms with Crippen LogP contribution in [0, 0.1) is 0 Å². The highest BCUT2D eigenvalue weighted by Crippen LogP contribution is 2.26. The van der Waals surface area contributed by atoms with Crippen LogP contribution in [0.15, 0.2) is 78.5 Å². The van der Waals surface area contributed by atoms with Crippen LogP contribution in [0.5, 0.6) is 0 Å². The van der Waals surface area contributed by atoms with E-state index in [1.54, 1.807) is 11.0 Å². The third-order valence-corrected chi connectivity index (χ3v) is 5.59. The Morgan fingerprint density at radius 3 is 2.62 bits per heavy atom. The van der Waals surface area contributed by atoms with Crippen molar-refractivity contribution in [2.75, 3.05) is 0 Å². The molecule has 0 radical (unpaired) electrons. The standard InChI is InChI=1S/C25H28N6O/c1-3-5-9-22-18-29(16-6-4-2)25(32)30(22)17-20-12-14-21(15-13-20)23-10-7-8-11-24(23)31-19-26-27-28-31/h3,7-8,10-15,18-19H,1,4-6,9,16-17H2,2H3. The molecule has 0 aliphatic rings. The number of para-hydroxylation sites is 1. The van der Waals surface area contributed by atoms with Gasteiger partial charge in [0.25, 0.3) is 0 Å². The van der Waals surface area contributed by atoms with E-state index < -0.39 is 0 Å². The lowest BCUT2D eigenvalue weighted by atomic mass is 10.0. The molecule has 4 aromatic rings. The Balaban J connectivity index is 1.61. The van der Waals surface area contributed by atoms with Crippen LogP contribution in [0.4, 0.5) is 0 Å². The number of allylic oxidation sites excluding steroid dienone is 1. The molecule has 0 saturated heterocycles. The normalized spacial score (nSPS) is 11.0. The number of unbranched alkanes of at least 4 members (excludes halogenated alkanes) is 1. The predicted molar refractivity (Wildman–Crippen MR) is 126 cm³/mol. The van der Waals surface area contributed by atoms with Crippen LogP contribution >= 0.6 is 0 Å². The van der Waals surface area contributed by atoms with Gasteiger partial charge in [-0.05, 0) is 46.9 Å². The first kappa shape index (κ1) is 21.5. The molecule has 0 spiro atoms. The molecule has 4 rings (SSSR count). The lowest BCUT2D eigenvalue weighted by Gasteiger charge is -2.11. The molecule has 0 bridgehead atoms. The Labute approximate surface area is 187 Å². The maximum absolute atomic E-state index is 13.0. The fraction of sp³-hybridized carbons (Fsp3) is 0.280. The van der Waals surface area contributed by atoms with Gasteiger partial charge in [0.05, 0.1) is 12.2 Å². The van der Waals surface area contributed by atoms with Gasteiger partial charge in [-0.1, -0.05) is 61.9 Å². The van der Waals surface area contributed by atoms with Crippen LogP contribution in [-0.4, -0.2) is 29.3 Å². The van der Waals surface area contributed by atoms with Gasteiger partial charge in [-0.25, -0.2) is 4.79 Å². The summed E-state index contributed by atoms with van der Waals surface area (Å²) < 4.78 is 5.40. The zero-order valence-electron chi connectivity index (χ0n) is 18.4. The van der Waals surface area contributed by atoms with Gasteiger partial charge in [0, 0.05) is 24.0 Å². The van der Waals surface area contributed by atoms with Gasteiger partial charge in [-0.3, -0.25) is 9.13 Å². The lowest BCUT2D eigenvalue weighted by molar-refractivity contribution is 0.592. The van der Waals surface area contributed by atoms with E-state index >= 15 is 0 Å². The quantitative estimate of drug-likeness (QED) is 0.354. The number of aryl methyl sites for hydroxylation is 2. The molecule has 2 aromatic heterocycles. The third kappa shape index (κ3) is 4.61. The maximum Gasteiger partial charge on any atom is 0.328 e. The van der Waals surface area contributed by atoms with Gasteiger partial charge in [0.1, 0.15) is 6.33 Å². The van der Waals surface area contributed by atoms with Crippen molar-refractivity contribution in [1.82, 2.24) is 29.3 Å². The molecule has 32 heavy (non-hydrogen) atoms. The number of rotatable bonds is 10. The van der Waals surface area contributed by atoms with Crippen molar-refractivity contribution in [2.45, 2.75) is 45.7 Å². The monoisotopic (exact) mass is 428 g/mol. The number of nitrogens with zero attached hydrogens (tertiary/aromatic N) is 6. The first-order valence-electron chi connectivity index (χ1n) is 11.0. The minimum absolute atomic E-state index is 0.0608. The summed E-state index contributed by atoms with van der Waals surface area (Å²) >= 11 is 0. The molecular formula is C25H28N6O. The molecule has 164 valence electrons. The van der Waals surface area contributed by atoms with Crippen LogP contribution in [0.25, 0.3) is 16.8 Å². The Morgan fingerprint density at radius 1 is 1.09 bits per heavy atom. The van der Waals surface area contributed by atoms with Gasteiger partial charge >= 0.3 is 5.69 Å². The van der Waals surface area contributed by atoms with Gasteiger partial charge in [-0.2, -0.15) is 4.68 Å². The van der Waals surface area contributed by atoms with Crippen molar-refractivity contribution in [1.29, 1.82) is 0 Å². The molecule has 0 aliphatic heterocycles. The molecule has 7 heteroatoms. The highest BCUT2D eigenvalue weighted by atomic mass is 16.1. The van der Waals surface area contributed by atoms with Crippen LogP contribution in [0.1, 0.15) is 37.4 Å². The summed E-state index contributed by atoms with van der Waals surface area (Å²) in [7, 11) is 0. The van der Waals surface area contributed by atoms with E-state index in [9.17, 15) is 4.79 Å². The van der Waals surface area contributed by atoms with E-state index in [-0.39, 0.29) is 5.69 Å². The molecule has 0 aliphatic carbocycles. The number of imidazole rings is 1. The van der Waals surface area contributed by atoms with Crippen molar-refractivity contribution >= 4 is 0 Å². The highest BCUT2D eigenvalue weighted by molar-refractivity contribution is 5.72. The number of hydrogen-bond donors (Lipinski definition) is 0. The Hall–Kier alpha value is -3.74. The number of aromatic nitrogens is 6. The van der Waals surface area contributed by atoms with Crippen molar-refractivity contribution in [2.24, 2.45) is 0 Å². The number of hydrogen-bond acceptors (Lipinski definition) is 4. The van der Waals surface area contributed by atoms with Crippen LogP contribution in [-0.2, 0) is 19.5 Å². The molecule has 0 atom stereocenters. The van der Waals surface area contributed by atoms with E-state index in [1.165, 1.54) is 0 Å². The minimum atomic E-state index is 0.0608. The largest absolute Gasteiger partial charge is 0.328 e. The summed E-state index contributed by atoms with van der Waals surface area (Å²) in [5.41, 5.74) is 5.23. The summed E-state index contributed by atoms with van der Waals surface area (Å²) in [5.74, 6) is 0. The number of benzene rings is 2. The summed E-state index contributed by atoms with van der Waals surface area (Å²) in [5, 5.41) is 11.5. The molecule has 0 unspecified atom stereocenters. The second-order valence-electron chi connectivity index (χ2n) is 7.83. The second kappa shape index (κ2) is 10.0. The SMILES string of the molecule is C=CCCc1cn(CCCC)c(=O)n1Cc1ccc(-c2ccccc2-n2cnnn2)cc1. The zero-order chi connectivity index (χ0) is 22.3. The zero-order valence-corrected chi connectivity index (χ0v) is 18.4. The van der Waals surface area contributed by atoms with Crippen LogP contribution in [0.3, 0.4) is 0 Å². The fourth-order valence-electron chi connectivity index (χ4n) is 3.85. The van der Waals surface area contributed by atoms with Crippen molar-refractivity contribution in [3.63, 3.8) is 0 Å². The average Bonchev–Trinajstić information content (AvgIpc) is 3.46. The Bertz CT molecular complexity index is 1220. The van der Waals surface area contributed by atoms with Crippen molar-refractivity contribution < 1.29 is 0 Å². The van der Waals surface area contributed by atoms with Crippen molar-refractivity contribution in [3.05, 3.63) is 95.5 Å². The molecule has 0 amide bonds. The molecule has 2 aromatic carbocycles. The second-order valence-corrected chi connectivity index (χ2v) is 7.83. The molecule has 0 N–H and O–H groups in total. The van der Waals surface area contributed by atoms with E-state index in [1.807, 2.05) is 39.6 Å². The van der Waals surface area contributed by atoms with Crippen LogP contribution in [0.2, 0.25) is 0 Å². The first-order valence-corrected chi connectivity index (χ1v) is 11.0. The van der Waals surface area contributed by atoms with E-state index in [4.69, 9.17) is 0 Å². The molecule has 0 saturated carbocycles. The maximum atomic E-state index is 13.0. The predicted octanol–water partition coefficient (Wildman–Crippen LogP) is 4.26. The highest BCUT2D eigenvalue weighted by Gasteiger charge is 2.12. The van der Waals surface area contributed by atoms with E-state index in [0.29, 0.717) is 6.54 Å². The summed E-state index contributed by atoms with van der Waals surface area (Å²) in [6.45, 7) is 7.28. The number of tetrazole rings is 1. The van der Waals surface area contributed by atoms with Gasteiger partial charge in [0.15, 0.2) is 0 Å². The Morgan fingerprint density at radius 2 is 1.91 bits per heavy atom. The van der Waals surface area contributed by atoms with E-state index in [2.05, 4.69) is 59.4 Å². The molecule has 2 heterocycles. The third-order valence-electron chi connectivity index (χ3n) is 5.59. The lowest BCUT2D eigenvalue weighted by Crippen LogP contribution is -2.25. The smallest absolute Gasteiger partial charge is 0.299 e. The van der Waals surface area contributed by atoms with E-state index in [0.717, 1.165) is 60.3 Å². The summed E-state index contributed by atoms with van der Waals surface area (Å²) in [6.07, 6.45) is 9.23. The molecular weight excluding hydrogens is 400 g/mol. The topological polar surface area (TPSA) is 70.5 Å². The molecule has 0 fully saturated rings. The Kier molecular flexibility index (Phi) is 6.75. The van der Waals surface area contributed by atoms with Crippen molar-refractivity contribution in [3.8, 4) is 16.8 Å². The fourth-order valence-corrected chi connectivity index (χ4v) is 3.85. The average molecular weight is 429 g/mol. The van der Waals surface area contributed by atoms with Gasteiger partial charge in [-0.15, -0.1) is 11.7 Å². The summed E-state index contributed by atoms with van der Waals surface area (Å²) in [4.78, 5) is 13.0. The van der Waals surface area contributed by atoms with Crippen LogP contribution < -0.4 is 5.69 Å². The van der Waals surface area contributed by atoms with Gasteiger partial charge in [0.2, 0.25) is 0 Å². The molecule has 7 nitrogen and oxygen atoms in total. The summed E-state index contributed by atoms with van der Waals surface area (Å²) in [6, 6.07) is 16.3. The first-order chi connectivity index (χ1) is 15.7. The van der Waals surface area contributed by atoms with Gasteiger partial charge < -0.3 is 0 Å². The minimum Gasteiger partial charge on any atom is -0.299 e.